The Hall–Kier alpha value is -1.70. The number of carbonyl (C=O) groups excluding carboxylic acids is 1. The third-order valence-corrected chi connectivity index (χ3v) is 2.78. The van der Waals surface area contributed by atoms with E-state index in [0.29, 0.717) is 6.54 Å². The molecule has 0 unspecified atom stereocenters. The highest BCUT2D eigenvalue weighted by molar-refractivity contribution is 9.10. The first-order chi connectivity index (χ1) is 7.58. The first kappa shape index (κ1) is 10.8. The van der Waals surface area contributed by atoms with E-state index in [1.807, 2.05) is 7.05 Å². The van der Waals surface area contributed by atoms with Crippen molar-refractivity contribution in [2.24, 2.45) is 12.8 Å². The molecule has 0 bridgehead atoms. The number of aryl methyl sites for hydroxylation is 1. The van der Waals surface area contributed by atoms with Gasteiger partial charge in [-0.05, 0) is 15.9 Å². The Kier molecular flexibility index (Phi) is 2.73. The molecule has 0 aromatic carbocycles. The normalized spacial score (nSPS) is 10.6. The van der Waals surface area contributed by atoms with E-state index in [9.17, 15) is 4.79 Å². The molecule has 2 rings (SSSR count). The van der Waals surface area contributed by atoms with Crippen LogP contribution in [-0.4, -0.2) is 30.7 Å². The molecule has 0 saturated carbocycles. The van der Waals surface area contributed by atoms with Crippen LogP contribution in [0, 0.1) is 0 Å². The Labute approximate surface area is 99.4 Å². The van der Waals surface area contributed by atoms with Gasteiger partial charge in [0.15, 0.2) is 5.69 Å². The second-order valence-corrected chi connectivity index (χ2v) is 4.08. The maximum absolute atomic E-state index is 10.8. The number of hydrogen-bond donors (Lipinski definition) is 1. The molecule has 7 nitrogen and oxygen atoms in total. The summed E-state index contributed by atoms with van der Waals surface area (Å²) in [5.41, 5.74) is 6.16. The van der Waals surface area contributed by atoms with E-state index in [4.69, 9.17) is 5.73 Å². The van der Waals surface area contributed by atoms with Crippen molar-refractivity contribution in [3.05, 3.63) is 28.3 Å². The van der Waals surface area contributed by atoms with Gasteiger partial charge in [-0.1, -0.05) is 5.21 Å². The molecule has 8 heteroatoms. The second-order valence-electron chi connectivity index (χ2n) is 3.23. The van der Waals surface area contributed by atoms with Gasteiger partial charge in [0.1, 0.15) is 0 Å². The number of aromatic nitrogens is 5. The third-order valence-electron chi connectivity index (χ3n) is 2.11. The van der Waals surface area contributed by atoms with Crippen molar-refractivity contribution in [2.45, 2.75) is 6.54 Å². The zero-order valence-corrected chi connectivity index (χ0v) is 10.0. The van der Waals surface area contributed by atoms with Gasteiger partial charge in [0.2, 0.25) is 0 Å². The number of amides is 1. The minimum Gasteiger partial charge on any atom is -0.364 e. The number of hydrogen-bond acceptors (Lipinski definition) is 4. The quantitative estimate of drug-likeness (QED) is 0.853. The molecule has 0 aliphatic heterocycles. The molecular weight excluding hydrogens is 276 g/mol. The molecular formula is C8H9BrN6O. The van der Waals surface area contributed by atoms with Crippen LogP contribution < -0.4 is 5.73 Å². The summed E-state index contributed by atoms with van der Waals surface area (Å²) in [6.07, 6.45) is 3.20. The van der Waals surface area contributed by atoms with E-state index in [-0.39, 0.29) is 5.69 Å². The summed E-state index contributed by atoms with van der Waals surface area (Å²) in [7, 11) is 1.83. The first-order valence-electron chi connectivity index (χ1n) is 4.44. The molecule has 2 heterocycles. The van der Waals surface area contributed by atoms with Crippen molar-refractivity contribution in [3.63, 3.8) is 0 Å². The molecule has 0 fully saturated rings. The predicted molar refractivity (Wildman–Crippen MR) is 58.5 cm³/mol. The van der Waals surface area contributed by atoms with E-state index in [2.05, 4.69) is 31.3 Å². The van der Waals surface area contributed by atoms with Gasteiger partial charge in [0.05, 0.1) is 29.1 Å². The van der Waals surface area contributed by atoms with Crippen molar-refractivity contribution in [3.8, 4) is 0 Å². The third kappa shape index (κ3) is 1.96. The average molecular weight is 285 g/mol. The maximum Gasteiger partial charge on any atom is 0.270 e. The van der Waals surface area contributed by atoms with Gasteiger partial charge in [0, 0.05) is 7.05 Å². The number of primary amides is 1. The molecule has 2 N–H and O–H groups in total. The van der Waals surface area contributed by atoms with Crippen LogP contribution >= 0.6 is 15.9 Å². The maximum atomic E-state index is 10.8. The number of carbonyl (C=O) groups is 1. The molecule has 0 aliphatic rings. The molecule has 84 valence electrons. The second kappa shape index (κ2) is 4.05. The van der Waals surface area contributed by atoms with E-state index in [1.54, 1.807) is 10.9 Å². The molecule has 0 saturated heterocycles. The van der Waals surface area contributed by atoms with Crippen LogP contribution in [0.3, 0.4) is 0 Å². The van der Waals surface area contributed by atoms with Crippen molar-refractivity contribution in [2.75, 3.05) is 0 Å². The van der Waals surface area contributed by atoms with Gasteiger partial charge in [-0.3, -0.25) is 9.48 Å². The minimum absolute atomic E-state index is 0.151. The summed E-state index contributed by atoms with van der Waals surface area (Å²) >= 11 is 3.37. The van der Waals surface area contributed by atoms with Gasteiger partial charge in [-0.2, -0.15) is 5.10 Å². The van der Waals surface area contributed by atoms with E-state index in [0.717, 1.165) is 10.2 Å². The highest BCUT2D eigenvalue weighted by atomic mass is 79.9. The molecule has 2 aromatic heterocycles. The van der Waals surface area contributed by atoms with Crippen LogP contribution in [-0.2, 0) is 13.6 Å². The fourth-order valence-corrected chi connectivity index (χ4v) is 1.73. The van der Waals surface area contributed by atoms with Crippen molar-refractivity contribution < 1.29 is 4.79 Å². The van der Waals surface area contributed by atoms with Gasteiger partial charge in [-0.25, -0.2) is 4.68 Å². The fraction of sp³-hybridized carbons (Fsp3) is 0.250. The predicted octanol–water partition coefficient (Wildman–Crippen LogP) is -0.0787. The van der Waals surface area contributed by atoms with Crippen LogP contribution in [0.4, 0.5) is 0 Å². The Morgan fingerprint density at radius 2 is 2.38 bits per heavy atom. The Morgan fingerprint density at radius 3 is 2.88 bits per heavy atom. The van der Waals surface area contributed by atoms with Gasteiger partial charge >= 0.3 is 0 Å². The monoisotopic (exact) mass is 284 g/mol. The summed E-state index contributed by atoms with van der Waals surface area (Å²) in [6, 6.07) is 0. The first-order valence-corrected chi connectivity index (χ1v) is 5.23. The van der Waals surface area contributed by atoms with Gasteiger partial charge < -0.3 is 5.73 Å². The van der Waals surface area contributed by atoms with Crippen molar-refractivity contribution >= 4 is 21.8 Å². The number of rotatable bonds is 3. The Morgan fingerprint density at radius 1 is 1.62 bits per heavy atom. The Bertz CT molecular complexity index is 511. The van der Waals surface area contributed by atoms with Gasteiger partial charge in [0.25, 0.3) is 5.91 Å². The lowest BCUT2D eigenvalue weighted by Crippen LogP contribution is -2.11. The SMILES string of the molecule is Cn1ncc(Br)c1Cn1cc(C(N)=O)nn1. The van der Waals surface area contributed by atoms with E-state index < -0.39 is 5.91 Å². The summed E-state index contributed by atoms with van der Waals surface area (Å²) in [5.74, 6) is -0.588. The molecule has 0 atom stereocenters. The summed E-state index contributed by atoms with van der Waals surface area (Å²) in [4.78, 5) is 10.8. The van der Waals surface area contributed by atoms with Gasteiger partial charge in [-0.15, -0.1) is 5.10 Å². The zero-order chi connectivity index (χ0) is 11.7. The standard InChI is InChI=1S/C8H9BrN6O/c1-14-7(5(9)2-11-14)4-15-3-6(8(10)16)12-13-15/h2-3H,4H2,1H3,(H2,10,16). The van der Waals surface area contributed by atoms with Crippen molar-refractivity contribution in [1.29, 1.82) is 0 Å². The van der Waals surface area contributed by atoms with Crippen LogP contribution in [0.5, 0.6) is 0 Å². The summed E-state index contributed by atoms with van der Waals surface area (Å²) in [5, 5.41) is 11.5. The molecule has 16 heavy (non-hydrogen) atoms. The topological polar surface area (TPSA) is 91.6 Å². The number of nitrogens with zero attached hydrogens (tertiary/aromatic N) is 5. The number of nitrogens with two attached hydrogens (primary N) is 1. The van der Waals surface area contributed by atoms with E-state index in [1.165, 1.54) is 10.9 Å². The highest BCUT2D eigenvalue weighted by Gasteiger charge is 2.10. The smallest absolute Gasteiger partial charge is 0.270 e. The highest BCUT2D eigenvalue weighted by Crippen LogP contribution is 2.15. The lowest BCUT2D eigenvalue weighted by Gasteiger charge is -2.01. The Balaban J connectivity index is 2.24. The number of halogens is 1. The lowest BCUT2D eigenvalue weighted by atomic mass is 10.4. The van der Waals surface area contributed by atoms with Crippen LogP contribution in [0.15, 0.2) is 16.9 Å². The van der Waals surface area contributed by atoms with Crippen LogP contribution in [0.1, 0.15) is 16.2 Å². The summed E-state index contributed by atoms with van der Waals surface area (Å²) < 4.78 is 4.13. The fourth-order valence-electron chi connectivity index (χ4n) is 1.26. The average Bonchev–Trinajstić information content (AvgIpc) is 2.80. The molecule has 0 aliphatic carbocycles. The molecule has 0 spiro atoms. The summed E-state index contributed by atoms with van der Waals surface area (Å²) in [6.45, 7) is 0.470. The molecule has 2 aromatic rings. The molecule has 1 amide bonds. The largest absolute Gasteiger partial charge is 0.364 e. The van der Waals surface area contributed by atoms with Crippen molar-refractivity contribution in [1.82, 2.24) is 24.8 Å². The molecule has 0 radical (unpaired) electrons. The minimum atomic E-state index is -0.588. The lowest BCUT2D eigenvalue weighted by molar-refractivity contribution is 0.0995. The van der Waals surface area contributed by atoms with E-state index >= 15 is 0 Å². The zero-order valence-electron chi connectivity index (χ0n) is 8.46. The van der Waals surface area contributed by atoms with Crippen LogP contribution in [0.25, 0.3) is 0 Å². The van der Waals surface area contributed by atoms with Crippen LogP contribution in [0.2, 0.25) is 0 Å².